The van der Waals surface area contributed by atoms with Crippen LogP contribution in [-0.4, -0.2) is 11.4 Å². The van der Waals surface area contributed by atoms with Gasteiger partial charge in [-0.25, -0.2) is 0 Å². The number of hydrogen-bond donors (Lipinski definition) is 0. The summed E-state index contributed by atoms with van der Waals surface area (Å²) in [5, 5.41) is 5.40. The highest BCUT2D eigenvalue weighted by atomic mass is 15.1. The Morgan fingerprint density at radius 3 is 2.02 bits per heavy atom. The lowest BCUT2D eigenvalue weighted by molar-refractivity contribution is 0.660. The van der Waals surface area contributed by atoms with Gasteiger partial charge >= 0.3 is 6.85 Å². The second-order valence-electron chi connectivity index (χ2n) is 17.2. The number of anilines is 2. The van der Waals surface area contributed by atoms with E-state index in [-0.39, 0.29) is 12.3 Å². The molecule has 2 nitrogen and oxygen atoms in total. The van der Waals surface area contributed by atoms with Gasteiger partial charge in [-0.15, -0.1) is 0 Å². The van der Waals surface area contributed by atoms with Gasteiger partial charge in [0, 0.05) is 38.8 Å². The fourth-order valence-electron chi connectivity index (χ4n) is 10.9. The number of aryl methyl sites for hydroxylation is 2. The first kappa shape index (κ1) is 33.8. The molecular formula is C53H49BN2. The van der Waals surface area contributed by atoms with Gasteiger partial charge in [0.15, 0.2) is 0 Å². The van der Waals surface area contributed by atoms with E-state index in [4.69, 9.17) is 0 Å². The van der Waals surface area contributed by atoms with Crippen LogP contribution in [0.4, 0.5) is 11.4 Å². The molecule has 1 aromatic heterocycles. The molecular weight excluding hydrogens is 675 g/mol. The van der Waals surface area contributed by atoms with Gasteiger partial charge < -0.3 is 9.38 Å². The Morgan fingerprint density at radius 2 is 1.23 bits per heavy atom. The summed E-state index contributed by atoms with van der Waals surface area (Å²) in [5.41, 5.74) is 20.5. The Hall–Kier alpha value is -5.54. The fraction of sp³-hybridized carbons (Fsp3) is 0.245. The Bertz CT molecular complexity index is 2870. The van der Waals surface area contributed by atoms with Crippen LogP contribution in [0.2, 0.25) is 0 Å². The van der Waals surface area contributed by atoms with Crippen LogP contribution in [0.5, 0.6) is 0 Å². The molecule has 8 aromatic rings. The molecule has 0 radical (unpaired) electrons. The summed E-state index contributed by atoms with van der Waals surface area (Å²) in [7, 11) is 0. The Kier molecular flexibility index (Phi) is 7.69. The fourth-order valence-corrected chi connectivity index (χ4v) is 10.9. The summed E-state index contributed by atoms with van der Waals surface area (Å²) in [4.78, 5) is 2.75. The van der Waals surface area contributed by atoms with E-state index in [1.807, 2.05) is 0 Å². The van der Waals surface area contributed by atoms with Crippen molar-refractivity contribution in [1.29, 1.82) is 0 Å². The van der Waals surface area contributed by atoms with Gasteiger partial charge in [-0.3, -0.25) is 0 Å². The molecule has 0 amide bonds. The quantitative estimate of drug-likeness (QED) is 0.106. The maximum atomic E-state index is 2.75. The maximum Gasteiger partial charge on any atom is 0.333 e. The van der Waals surface area contributed by atoms with Crippen molar-refractivity contribution in [2.75, 3.05) is 4.81 Å². The number of unbranched alkanes of at least 4 members (excludes halogenated alkanes) is 4. The van der Waals surface area contributed by atoms with Gasteiger partial charge in [0.25, 0.3) is 0 Å². The predicted octanol–water partition coefficient (Wildman–Crippen LogP) is 12.9. The average Bonchev–Trinajstić information content (AvgIpc) is 3.69. The van der Waals surface area contributed by atoms with E-state index in [1.54, 1.807) is 0 Å². The van der Waals surface area contributed by atoms with Crippen LogP contribution in [0.25, 0.3) is 60.5 Å². The zero-order valence-electron chi connectivity index (χ0n) is 33.3. The van der Waals surface area contributed by atoms with Crippen molar-refractivity contribution < 1.29 is 0 Å². The van der Waals surface area contributed by atoms with Crippen LogP contribution >= 0.6 is 0 Å². The van der Waals surface area contributed by atoms with Crippen molar-refractivity contribution in [2.45, 2.75) is 84.5 Å². The van der Waals surface area contributed by atoms with Crippen molar-refractivity contribution in [3.8, 4) is 27.9 Å². The van der Waals surface area contributed by atoms with Gasteiger partial charge in [-0.2, -0.15) is 0 Å². The molecule has 0 N–H and O–H groups in total. The van der Waals surface area contributed by atoms with E-state index in [0.717, 1.165) is 12.8 Å². The molecule has 3 heterocycles. The van der Waals surface area contributed by atoms with Crippen LogP contribution in [0.3, 0.4) is 0 Å². The zero-order chi connectivity index (χ0) is 37.7. The van der Waals surface area contributed by atoms with E-state index in [2.05, 4.69) is 164 Å². The normalized spacial score (nSPS) is 14.4. The van der Waals surface area contributed by atoms with Crippen LogP contribution in [0.15, 0.2) is 127 Å². The average molecular weight is 725 g/mol. The molecule has 0 unspecified atom stereocenters. The molecule has 0 atom stereocenters. The number of fused-ring (bicyclic) bond motifs is 14. The zero-order valence-corrected chi connectivity index (χ0v) is 33.3. The number of rotatable bonds is 9. The van der Waals surface area contributed by atoms with E-state index in [0.29, 0.717) is 0 Å². The third-order valence-electron chi connectivity index (χ3n) is 13.6. The Morgan fingerprint density at radius 1 is 0.554 bits per heavy atom. The molecule has 7 aromatic carbocycles. The minimum atomic E-state index is -0.106. The largest absolute Gasteiger partial charge is 0.376 e. The summed E-state index contributed by atoms with van der Waals surface area (Å²) in [6, 6.07) is 49.8. The lowest BCUT2D eigenvalue weighted by Gasteiger charge is -2.43. The summed E-state index contributed by atoms with van der Waals surface area (Å²) >= 11 is 0. The predicted molar refractivity (Wildman–Crippen MR) is 241 cm³/mol. The highest BCUT2D eigenvalue weighted by Gasteiger charge is 2.46. The van der Waals surface area contributed by atoms with Crippen molar-refractivity contribution in [2.24, 2.45) is 0 Å². The Labute approximate surface area is 331 Å². The minimum absolute atomic E-state index is 0.0124. The van der Waals surface area contributed by atoms with E-state index in [1.165, 1.54) is 144 Å². The second-order valence-corrected chi connectivity index (χ2v) is 17.2. The van der Waals surface area contributed by atoms with Crippen LogP contribution < -0.4 is 15.7 Å². The summed E-state index contributed by atoms with van der Waals surface area (Å²) in [6.45, 7) is 9.46. The van der Waals surface area contributed by atoms with Gasteiger partial charge in [0.2, 0.25) is 0 Å². The van der Waals surface area contributed by atoms with Gasteiger partial charge in [0.05, 0.1) is 11.0 Å². The molecule has 0 saturated carbocycles. The molecule has 2 aliphatic heterocycles. The molecule has 0 fully saturated rings. The van der Waals surface area contributed by atoms with Crippen molar-refractivity contribution in [1.82, 2.24) is 4.57 Å². The Balaban J connectivity index is 1.28. The third kappa shape index (κ3) is 4.70. The molecule has 0 bridgehead atoms. The van der Waals surface area contributed by atoms with E-state index >= 15 is 0 Å². The van der Waals surface area contributed by atoms with Crippen LogP contribution in [0.1, 0.15) is 88.5 Å². The summed E-state index contributed by atoms with van der Waals surface area (Å²) in [6.07, 6.45) is 9.71. The molecule has 3 aliphatic rings. The van der Waals surface area contributed by atoms with Crippen LogP contribution in [0, 0.1) is 0 Å². The topological polar surface area (TPSA) is 8.17 Å². The van der Waals surface area contributed by atoms with E-state index < -0.39 is 0 Å². The standard InChI is InChI=1S/C53H49BN2/c1-5-7-9-17-34-25-28-36(29-26-34)56-48-33-44-41(37-19-13-15-23-43(37)53(44,3)4)32-42(48)49-38-20-11-12-21-39(38)50-40-22-14-16-24-46(40)55-47-30-27-35(18-10-8-6-2)31-45(47)54(56)51(49)52(50)55/h11-16,19-33H,5-10,17-18H2,1-4H3. The lowest BCUT2D eigenvalue weighted by atomic mass is 9.43. The molecule has 0 spiro atoms. The summed E-state index contributed by atoms with van der Waals surface area (Å²) in [5.74, 6) is 0. The monoisotopic (exact) mass is 724 g/mol. The highest BCUT2D eigenvalue weighted by Crippen LogP contribution is 2.55. The van der Waals surface area contributed by atoms with Crippen molar-refractivity contribution in [3.05, 3.63) is 150 Å². The molecule has 3 heteroatoms. The lowest BCUT2D eigenvalue weighted by Crippen LogP contribution is -2.60. The van der Waals surface area contributed by atoms with Crippen molar-refractivity contribution >= 4 is 61.7 Å². The molecule has 11 rings (SSSR count). The highest BCUT2D eigenvalue weighted by molar-refractivity contribution is 6.94. The maximum absolute atomic E-state index is 2.75. The number of benzene rings is 7. The summed E-state index contributed by atoms with van der Waals surface area (Å²) < 4.78 is 2.63. The number of hydrogen-bond acceptors (Lipinski definition) is 1. The van der Waals surface area contributed by atoms with E-state index in [9.17, 15) is 0 Å². The smallest absolute Gasteiger partial charge is 0.333 e. The van der Waals surface area contributed by atoms with Gasteiger partial charge in [-0.05, 0) is 123 Å². The van der Waals surface area contributed by atoms with Crippen molar-refractivity contribution in [3.63, 3.8) is 0 Å². The molecule has 1 aliphatic carbocycles. The third-order valence-corrected chi connectivity index (χ3v) is 13.6. The van der Waals surface area contributed by atoms with Gasteiger partial charge in [-0.1, -0.05) is 144 Å². The first-order valence-corrected chi connectivity index (χ1v) is 21.3. The SMILES string of the molecule is CCCCCc1ccc(N2B3c4cc(CCCCC)ccc4-n4c5ccccc5c5c6ccccc6c(c3c54)-c3cc4c(cc32)C(C)(C)c2ccccc2-4)cc1. The first-order chi connectivity index (χ1) is 27.5. The van der Waals surface area contributed by atoms with Crippen LogP contribution in [-0.2, 0) is 18.3 Å². The first-order valence-electron chi connectivity index (χ1n) is 21.3. The number of aromatic nitrogens is 1. The number of nitrogens with zero attached hydrogens (tertiary/aromatic N) is 2. The van der Waals surface area contributed by atoms with Gasteiger partial charge in [0.1, 0.15) is 0 Å². The number of para-hydroxylation sites is 1. The molecule has 0 saturated heterocycles. The second kappa shape index (κ2) is 12.7. The molecule has 274 valence electrons. The minimum Gasteiger partial charge on any atom is -0.376 e. The molecule has 56 heavy (non-hydrogen) atoms.